The van der Waals surface area contributed by atoms with Crippen molar-refractivity contribution in [1.82, 2.24) is 4.98 Å². The first-order valence-corrected chi connectivity index (χ1v) is 8.48. The third kappa shape index (κ3) is 4.43. The zero-order valence-electron chi connectivity index (χ0n) is 12.4. The van der Waals surface area contributed by atoms with E-state index in [1.54, 1.807) is 11.3 Å². The zero-order valence-corrected chi connectivity index (χ0v) is 14.0. The van der Waals surface area contributed by atoms with E-state index in [9.17, 15) is 0 Å². The van der Waals surface area contributed by atoms with E-state index in [0.717, 1.165) is 41.3 Å². The van der Waals surface area contributed by atoms with Crippen molar-refractivity contribution in [3.63, 3.8) is 0 Å². The monoisotopic (exact) mass is 324 g/mol. The molecule has 0 aliphatic rings. The van der Waals surface area contributed by atoms with Gasteiger partial charge in [-0.25, -0.2) is 4.98 Å². The van der Waals surface area contributed by atoms with E-state index in [-0.39, 0.29) is 6.04 Å². The van der Waals surface area contributed by atoms with Gasteiger partial charge in [-0.3, -0.25) is 0 Å². The highest BCUT2D eigenvalue weighted by molar-refractivity contribution is 7.09. The summed E-state index contributed by atoms with van der Waals surface area (Å²) in [4.78, 5) is 4.51. The molecule has 0 fully saturated rings. The van der Waals surface area contributed by atoms with E-state index in [4.69, 9.17) is 22.1 Å². The summed E-state index contributed by atoms with van der Waals surface area (Å²) in [5.74, 6) is 0.803. The highest BCUT2D eigenvalue weighted by Gasteiger charge is 2.12. The maximum Gasteiger partial charge on any atom is 0.131 e. The molecule has 0 aliphatic carbocycles. The molecule has 1 aromatic carbocycles. The maximum absolute atomic E-state index is 6.29. The lowest BCUT2D eigenvalue weighted by atomic mass is 10.0. The maximum atomic E-state index is 6.29. The molecule has 0 amide bonds. The van der Waals surface area contributed by atoms with E-state index >= 15 is 0 Å². The van der Waals surface area contributed by atoms with Crippen molar-refractivity contribution in [1.29, 1.82) is 0 Å². The van der Waals surface area contributed by atoms with Gasteiger partial charge in [-0.15, -0.1) is 11.3 Å². The van der Waals surface area contributed by atoms with Crippen LogP contribution in [0.5, 0.6) is 5.75 Å². The zero-order chi connectivity index (χ0) is 15.2. The van der Waals surface area contributed by atoms with E-state index in [2.05, 4.69) is 18.8 Å². The molecule has 2 N–H and O–H groups in total. The fourth-order valence-electron chi connectivity index (χ4n) is 2.01. The number of halogens is 1. The van der Waals surface area contributed by atoms with Crippen molar-refractivity contribution >= 4 is 22.9 Å². The van der Waals surface area contributed by atoms with Gasteiger partial charge < -0.3 is 10.5 Å². The Bertz CT molecular complexity index is 585. The van der Waals surface area contributed by atoms with Gasteiger partial charge in [-0.05, 0) is 31.4 Å². The van der Waals surface area contributed by atoms with Gasteiger partial charge in [0.1, 0.15) is 12.4 Å². The molecular formula is C16H21ClN2OS. The standard InChI is InChI=1S/C16H21ClN2OS/c1-3-11(18)8-13-14(17)6-5-7-15(13)20-9-12-10-21-16(4-2)19-12/h5-7,10-11H,3-4,8-9,18H2,1-2H3. The second-order valence-electron chi connectivity index (χ2n) is 4.96. The summed E-state index contributed by atoms with van der Waals surface area (Å²) >= 11 is 7.96. The van der Waals surface area contributed by atoms with Gasteiger partial charge in [0, 0.05) is 22.0 Å². The van der Waals surface area contributed by atoms with Gasteiger partial charge in [-0.1, -0.05) is 31.5 Å². The number of benzene rings is 1. The highest BCUT2D eigenvalue weighted by Crippen LogP contribution is 2.28. The lowest BCUT2D eigenvalue weighted by Crippen LogP contribution is -2.22. The fraction of sp³-hybridized carbons (Fsp3) is 0.438. The molecular weight excluding hydrogens is 304 g/mol. The van der Waals surface area contributed by atoms with Crippen LogP contribution in [-0.4, -0.2) is 11.0 Å². The second-order valence-corrected chi connectivity index (χ2v) is 6.31. The lowest BCUT2D eigenvalue weighted by molar-refractivity contribution is 0.298. The molecule has 2 aromatic rings. The molecule has 1 aromatic heterocycles. The number of hydrogen-bond acceptors (Lipinski definition) is 4. The summed E-state index contributed by atoms with van der Waals surface area (Å²) in [5, 5.41) is 3.89. The van der Waals surface area contributed by atoms with Crippen LogP contribution in [0.4, 0.5) is 0 Å². The van der Waals surface area contributed by atoms with Gasteiger partial charge >= 0.3 is 0 Å². The van der Waals surface area contributed by atoms with Crippen LogP contribution in [0.2, 0.25) is 5.02 Å². The van der Waals surface area contributed by atoms with Gasteiger partial charge in [0.25, 0.3) is 0 Å². The number of aryl methyl sites for hydroxylation is 1. The van der Waals surface area contributed by atoms with Gasteiger partial charge in [0.05, 0.1) is 10.7 Å². The number of hydrogen-bond donors (Lipinski definition) is 1. The molecule has 0 aliphatic heterocycles. The van der Waals surface area contributed by atoms with Gasteiger partial charge in [0.15, 0.2) is 0 Å². The van der Waals surface area contributed by atoms with Crippen LogP contribution >= 0.6 is 22.9 Å². The van der Waals surface area contributed by atoms with Crippen LogP contribution in [0.1, 0.15) is 36.5 Å². The largest absolute Gasteiger partial charge is 0.487 e. The average Bonchev–Trinajstić information content (AvgIpc) is 2.95. The summed E-state index contributed by atoms with van der Waals surface area (Å²) in [7, 11) is 0. The Hall–Kier alpha value is -1.10. The van der Waals surface area contributed by atoms with Crippen LogP contribution in [0.3, 0.4) is 0 Å². The Balaban J connectivity index is 2.10. The van der Waals surface area contributed by atoms with Crippen LogP contribution in [0, 0.1) is 0 Å². The third-order valence-corrected chi connectivity index (χ3v) is 4.74. The molecule has 1 atom stereocenters. The Kier molecular flexibility index (Phi) is 6.03. The summed E-state index contributed by atoms with van der Waals surface area (Å²) in [6, 6.07) is 5.82. The van der Waals surface area contributed by atoms with Crippen molar-refractivity contribution in [2.24, 2.45) is 5.73 Å². The number of thiazole rings is 1. The highest BCUT2D eigenvalue weighted by atomic mass is 35.5. The van der Waals surface area contributed by atoms with Gasteiger partial charge in [0.2, 0.25) is 0 Å². The molecule has 5 heteroatoms. The molecule has 1 unspecified atom stereocenters. The predicted octanol–water partition coefficient (Wildman–Crippen LogP) is 4.22. The van der Waals surface area contributed by atoms with Crippen LogP contribution in [0.25, 0.3) is 0 Å². The molecule has 0 bridgehead atoms. The minimum absolute atomic E-state index is 0.0956. The summed E-state index contributed by atoms with van der Waals surface area (Å²) in [6.07, 6.45) is 2.60. The molecule has 21 heavy (non-hydrogen) atoms. The van der Waals surface area contributed by atoms with Crippen LogP contribution in [-0.2, 0) is 19.4 Å². The van der Waals surface area contributed by atoms with Gasteiger partial charge in [-0.2, -0.15) is 0 Å². The third-order valence-electron chi connectivity index (χ3n) is 3.34. The van der Waals surface area contributed by atoms with Crippen molar-refractivity contribution in [2.45, 2.75) is 45.8 Å². The Morgan fingerprint density at radius 1 is 1.38 bits per heavy atom. The molecule has 0 saturated carbocycles. The Morgan fingerprint density at radius 3 is 2.86 bits per heavy atom. The summed E-state index contributed by atoms with van der Waals surface area (Å²) in [6.45, 7) is 4.64. The molecule has 0 radical (unpaired) electrons. The van der Waals surface area contributed by atoms with E-state index in [1.165, 1.54) is 0 Å². The summed E-state index contributed by atoms with van der Waals surface area (Å²) in [5.41, 5.74) is 7.99. The number of ether oxygens (including phenoxy) is 1. The summed E-state index contributed by atoms with van der Waals surface area (Å²) < 4.78 is 5.91. The van der Waals surface area contributed by atoms with E-state index in [0.29, 0.717) is 11.6 Å². The van der Waals surface area contributed by atoms with Crippen molar-refractivity contribution in [3.05, 3.63) is 44.9 Å². The normalized spacial score (nSPS) is 12.4. The molecule has 114 valence electrons. The first kappa shape index (κ1) is 16.3. The molecule has 2 rings (SSSR count). The first-order valence-electron chi connectivity index (χ1n) is 7.23. The van der Waals surface area contributed by atoms with Crippen LogP contribution in [0.15, 0.2) is 23.6 Å². The van der Waals surface area contributed by atoms with E-state index in [1.807, 2.05) is 23.6 Å². The molecule has 1 heterocycles. The smallest absolute Gasteiger partial charge is 0.131 e. The topological polar surface area (TPSA) is 48.1 Å². The van der Waals surface area contributed by atoms with Crippen LogP contribution < -0.4 is 10.5 Å². The quantitative estimate of drug-likeness (QED) is 0.829. The molecule has 3 nitrogen and oxygen atoms in total. The van der Waals surface area contributed by atoms with Crippen molar-refractivity contribution in [2.75, 3.05) is 0 Å². The number of aromatic nitrogens is 1. The number of rotatable bonds is 7. The number of nitrogens with zero attached hydrogens (tertiary/aromatic N) is 1. The Morgan fingerprint density at radius 2 is 2.19 bits per heavy atom. The molecule has 0 saturated heterocycles. The first-order chi connectivity index (χ1) is 10.1. The SMILES string of the molecule is CCc1nc(COc2cccc(Cl)c2CC(N)CC)cs1. The minimum atomic E-state index is 0.0956. The Labute approximate surface area is 135 Å². The lowest BCUT2D eigenvalue weighted by Gasteiger charge is -2.15. The van der Waals surface area contributed by atoms with Crippen molar-refractivity contribution in [3.8, 4) is 5.75 Å². The minimum Gasteiger partial charge on any atom is -0.487 e. The number of nitrogens with two attached hydrogens (primary N) is 1. The predicted molar refractivity (Wildman–Crippen MR) is 89.2 cm³/mol. The van der Waals surface area contributed by atoms with E-state index < -0.39 is 0 Å². The molecule has 0 spiro atoms. The second kappa shape index (κ2) is 7.78. The fourth-order valence-corrected chi connectivity index (χ4v) is 2.98. The van der Waals surface area contributed by atoms with Crippen molar-refractivity contribution < 1.29 is 4.74 Å². The average molecular weight is 325 g/mol.